The zero-order chi connectivity index (χ0) is 20.3. The van der Waals surface area contributed by atoms with E-state index in [1.807, 2.05) is 19.9 Å². The van der Waals surface area contributed by atoms with E-state index in [0.717, 1.165) is 17.2 Å². The molecule has 0 atom stereocenters. The summed E-state index contributed by atoms with van der Waals surface area (Å²) in [5.74, 6) is 0.542. The number of ether oxygens (including phenoxy) is 2. The summed E-state index contributed by atoms with van der Waals surface area (Å²) in [4.78, 5) is 17.7. The smallest absolute Gasteiger partial charge is 0.418 e. The van der Waals surface area contributed by atoms with Crippen LogP contribution in [0.3, 0.4) is 0 Å². The van der Waals surface area contributed by atoms with Gasteiger partial charge in [0.1, 0.15) is 0 Å². The lowest BCUT2D eigenvalue weighted by Gasteiger charge is -2.30. The van der Waals surface area contributed by atoms with Crippen LogP contribution in [-0.4, -0.2) is 35.5 Å². The molecule has 0 saturated carbocycles. The van der Waals surface area contributed by atoms with E-state index >= 15 is 0 Å². The molecular formula is C20H21F3N2O3. The molecular weight excluding hydrogens is 373 g/mol. The predicted molar refractivity (Wildman–Crippen MR) is 96.5 cm³/mol. The van der Waals surface area contributed by atoms with Crippen LogP contribution in [0, 0.1) is 0 Å². The van der Waals surface area contributed by atoms with Crippen LogP contribution in [0.25, 0.3) is 0 Å². The fourth-order valence-electron chi connectivity index (χ4n) is 3.25. The number of rotatable bonds is 5. The summed E-state index contributed by atoms with van der Waals surface area (Å²) in [7, 11) is 0. The molecule has 8 heteroatoms. The van der Waals surface area contributed by atoms with Gasteiger partial charge in [0, 0.05) is 25.5 Å². The SMILES string of the molecule is CCOc1cc2c(cc1OCC)CN(C(=O)c1ccncc1C(F)(F)F)CC2. The van der Waals surface area contributed by atoms with Gasteiger partial charge in [0.15, 0.2) is 11.5 Å². The number of carbonyl (C=O) groups is 1. The van der Waals surface area contributed by atoms with E-state index in [1.165, 1.54) is 11.1 Å². The highest BCUT2D eigenvalue weighted by molar-refractivity contribution is 5.96. The van der Waals surface area contributed by atoms with Gasteiger partial charge >= 0.3 is 6.18 Å². The quantitative estimate of drug-likeness (QED) is 0.766. The van der Waals surface area contributed by atoms with Crippen LogP contribution in [0.5, 0.6) is 11.5 Å². The molecule has 150 valence electrons. The molecule has 3 rings (SSSR count). The second-order valence-corrected chi connectivity index (χ2v) is 6.33. The Morgan fingerprint density at radius 2 is 1.79 bits per heavy atom. The lowest BCUT2D eigenvalue weighted by Crippen LogP contribution is -2.37. The summed E-state index contributed by atoms with van der Waals surface area (Å²) >= 11 is 0. The number of hydrogen-bond acceptors (Lipinski definition) is 4. The highest BCUT2D eigenvalue weighted by Gasteiger charge is 2.37. The molecule has 0 unspecified atom stereocenters. The standard InChI is InChI=1S/C20H21F3N2O3/c1-3-27-17-9-13-6-8-25(12-14(13)10-18(17)28-4-2)19(26)15-5-7-24-11-16(15)20(21,22)23/h5,7,9-11H,3-4,6,8,12H2,1-2H3. The zero-order valence-electron chi connectivity index (χ0n) is 15.7. The predicted octanol–water partition coefficient (Wildman–Crippen LogP) is 4.10. The molecule has 1 aliphatic rings. The average Bonchev–Trinajstić information content (AvgIpc) is 2.67. The maximum Gasteiger partial charge on any atom is 0.418 e. The van der Waals surface area contributed by atoms with E-state index in [-0.39, 0.29) is 12.1 Å². The molecule has 2 heterocycles. The Labute approximate surface area is 161 Å². The Morgan fingerprint density at radius 1 is 1.14 bits per heavy atom. The summed E-state index contributed by atoms with van der Waals surface area (Å²) in [6, 6.07) is 4.81. The number of hydrogen-bond donors (Lipinski definition) is 0. The molecule has 0 saturated heterocycles. The van der Waals surface area contributed by atoms with Crippen LogP contribution in [0.4, 0.5) is 13.2 Å². The van der Waals surface area contributed by atoms with E-state index in [9.17, 15) is 18.0 Å². The van der Waals surface area contributed by atoms with Crippen molar-refractivity contribution in [1.29, 1.82) is 0 Å². The molecule has 28 heavy (non-hydrogen) atoms. The number of benzene rings is 1. The lowest BCUT2D eigenvalue weighted by atomic mass is 9.97. The van der Waals surface area contributed by atoms with Crippen molar-refractivity contribution in [2.24, 2.45) is 0 Å². The Hall–Kier alpha value is -2.77. The molecule has 5 nitrogen and oxygen atoms in total. The Balaban J connectivity index is 1.89. The molecule has 0 spiro atoms. The van der Waals surface area contributed by atoms with E-state index in [2.05, 4.69) is 4.98 Å². The first-order valence-electron chi connectivity index (χ1n) is 9.07. The third-order valence-corrected chi connectivity index (χ3v) is 4.52. The van der Waals surface area contributed by atoms with Gasteiger partial charge in [0.25, 0.3) is 5.91 Å². The molecule has 1 aromatic carbocycles. The molecule has 0 radical (unpaired) electrons. The molecule has 0 aliphatic carbocycles. The third-order valence-electron chi connectivity index (χ3n) is 4.52. The highest BCUT2D eigenvalue weighted by Crippen LogP contribution is 2.35. The number of alkyl halides is 3. The van der Waals surface area contributed by atoms with Crippen molar-refractivity contribution in [3.8, 4) is 11.5 Å². The maximum absolute atomic E-state index is 13.2. The number of halogens is 3. The fourth-order valence-corrected chi connectivity index (χ4v) is 3.25. The van der Waals surface area contributed by atoms with Gasteiger partial charge in [-0.25, -0.2) is 0 Å². The first-order chi connectivity index (χ1) is 13.3. The van der Waals surface area contributed by atoms with Gasteiger partial charge in [-0.05, 0) is 49.6 Å². The van der Waals surface area contributed by atoms with Crippen LogP contribution in [-0.2, 0) is 19.1 Å². The maximum atomic E-state index is 13.2. The van der Waals surface area contributed by atoms with Gasteiger partial charge in [-0.1, -0.05) is 0 Å². The van der Waals surface area contributed by atoms with Gasteiger partial charge in [-0.15, -0.1) is 0 Å². The van der Waals surface area contributed by atoms with Gasteiger partial charge in [0.2, 0.25) is 0 Å². The fraction of sp³-hybridized carbons (Fsp3) is 0.400. The van der Waals surface area contributed by atoms with Crippen LogP contribution < -0.4 is 9.47 Å². The largest absolute Gasteiger partial charge is 0.490 e. The molecule has 0 fully saturated rings. The summed E-state index contributed by atoms with van der Waals surface area (Å²) < 4.78 is 50.9. The number of aromatic nitrogens is 1. The van der Waals surface area contributed by atoms with E-state index in [1.54, 1.807) is 6.07 Å². The molecule has 2 aromatic rings. The number of nitrogens with zero attached hydrogens (tertiary/aromatic N) is 2. The molecule has 0 bridgehead atoms. The van der Waals surface area contributed by atoms with Crippen molar-refractivity contribution in [3.05, 3.63) is 52.8 Å². The zero-order valence-corrected chi connectivity index (χ0v) is 15.7. The van der Waals surface area contributed by atoms with Crippen LogP contribution in [0.15, 0.2) is 30.6 Å². The average molecular weight is 394 g/mol. The van der Waals surface area contributed by atoms with Crippen molar-refractivity contribution in [1.82, 2.24) is 9.88 Å². The summed E-state index contributed by atoms with van der Waals surface area (Å²) in [5, 5.41) is 0. The minimum atomic E-state index is -4.64. The van der Waals surface area contributed by atoms with Crippen LogP contribution in [0.2, 0.25) is 0 Å². The Morgan fingerprint density at radius 3 is 2.39 bits per heavy atom. The number of carbonyl (C=O) groups excluding carboxylic acids is 1. The topological polar surface area (TPSA) is 51.7 Å². The third kappa shape index (κ3) is 4.05. The van der Waals surface area contributed by atoms with Crippen molar-refractivity contribution in [2.45, 2.75) is 33.0 Å². The highest BCUT2D eigenvalue weighted by atomic mass is 19.4. The van der Waals surface area contributed by atoms with Crippen LogP contribution in [0.1, 0.15) is 40.9 Å². The summed E-state index contributed by atoms with van der Waals surface area (Å²) in [6.45, 7) is 5.21. The minimum absolute atomic E-state index is 0.209. The van der Waals surface area contributed by atoms with Gasteiger partial charge in [-0.3, -0.25) is 9.78 Å². The van der Waals surface area contributed by atoms with Crippen molar-refractivity contribution >= 4 is 5.91 Å². The van der Waals surface area contributed by atoms with Crippen LogP contribution >= 0.6 is 0 Å². The molecule has 1 aromatic heterocycles. The number of amides is 1. The van der Waals surface area contributed by atoms with Gasteiger partial charge in [0.05, 0.1) is 24.3 Å². The normalized spacial score (nSPS) is 13.8. The van der Waals surface area contributed by atoms with E-state index < -0.39 is 17.6 Å². The second kappa shape index (κ2) is 8.08. The lowest BCUT2D eigenvalue weighted by molar-refractivity contribution is -0.138. The second-order valence-electron chi connectivity index (χ2n) is 6.33. The Bertz CT molecular complexity index is 868. The minimum Gasteiger partial charge on any atom is -0.490 e. The van der Waals surface area contributed by atoms with E-state index in [0.29, 0.717) is 43.9 Å². The summed E-state index contributed by atoms with van der Waals surface area (Å²) in [6.07, 6.45) is -2.23. The number of pyridine rings is 1. The Kier molecular flexibility index (Phi) is 5.76. The monoisotopic (exact) mass is 394 g/mol. The van der Waals surface area contributed by atoms with Crippen molar-refractivity contribution < 1.29 is 27.4 Å². The first kappa shape index (κ1) is 20.0. The van der Waals surface area contributed by atoms with Gasteiger partial charge in [-0.2, -0.15) is 13.2 Å². The molecule has 1 aliphatic heterocycles. The van der Waals surface area contributed by atoms with E-state index in [4.69, 9.17) is 9.47 Å². The van der Waals surface area contributed by atoms with Crippen molar-refractivity contribution in [2.75, 3.05) is 19.8 Å². The molecule has 0 N–H and O–H groups in total. The first-order valence-corrected chi connectivity index (χ1v) is 9.07. The van der Waals surface area contributed by atoms with Gasteiger partial charge < -0.3 is 14.4 Å². The van der Waals surface area contributed by atoms with Crippen molar-refractivity contribution in [3.63, 3.8) is 0 Å². The summed E-state index contributed by atoms with van der Waals surface area (Å²) in [5.41, 5.74) is 0.435. The molecule has 1 amide bonds. The number of fused-ring (bicyclic) bond motifs is 1.